The van der Waals surface area contributed by atoms with Gasteiger partial charge < -0.3 is 13.6 Å². The Kier molecular flexibility index (Phi) is 5.27. The Hall–Kier alpha value is -1.24. The molecule has 0 atom stereocenters. The van der Waals surface area contributed by atoms with Gasteiger partial charge in [0.05, 0.1) is 12.1 Å². The van der Waals surface area contributed by atoms with Crippen LogP contribution in [0.4, 0.5) is 0 Å². The molecule has 6 heteroatoms. The van der Waals surface area contributed by atoms with Crippen LogP contribution in [0.2, 0.25) is 6.55 Å². The molecule has 0 saturated carbocycles. The molecule has 1 aromatic heterocycles. The minimum absolute atomic E-state index is 0.165. The van der Waals surface area contributed by atoms with Gasteiger partial charge in [-0.1, -0.05) is 6.07 Å². The van der Waals surface area contributed by atoms with Crippen molar-refractivity contribution in [1.29, 1.82) is 0 Å². The largest absolute Gasteiger partial charge is 0.463 e. The van der Waals surface area contributed by atoms with E-state index in [4.69, 9.17) is 13.6 Å². The van der Waals surface area contributed by atoms with E-state index in [2.05, 4.69) is 4.98 Å². The first kappa shape index (κ1) is 13.8. The number of carbonyl (C=O) groups is 1. The summed E-state index contributed by atoms with van der Waals surface area (Å²) in [5.74, 6) is -0.323. The summed E-state index contributed by atoms with van der Waals surface area (Å²) in [6, 6.07) is 5.41. The second kappa shape index (κ2) is 6.48. The van der Waals surface area contributed by atoms with E-state index in [0.717, 1.165) is 0 Å². The molecule has 0 aromatic carbocycles. The summed E-state index contributed by atoms with van der Waals surface area (Å²) in [7, 11) is 0.775. The zero-order valence-electron chi connectivity index (χ0n) is 10.3. The van der Waals surface area contributed by atoms with Gasteiger partial charge in [-0.25, -0.2) is 0 Å². The van der Waals surface area contributed by atoms with Crippen molar-refractivity contribution in [2.24, 2.45) is 0 Å². The summed E-state index contributed by atoms with van der Waals surface area (Å²) in [5.41, 5.74) is 0.690. The van der Waals surface area contributed by atoms with E-state index in [0.29, 0.717) is 5.69 Å². The highest BCUT2D eigenvalue weighted by atomic mass is 28.4. The molecule has 0 N–H and O–H groups in total. The fourth-order valence-electron chi connectivity index (χ4n) is 1.11. The number of hydrogen-bond donors (Lipinski definition) is 0. The minimum atomic E-state index is -2.34. The third-order valence-corrected chi connectivity index (χ3v) is 4.81. The van der Waals surface area contributed by atoms with Gasteiger partial charge in [0, 0.05) is 20.4 Å². The van der Waals surface area contributed by atoms with Gasteiger partial charge in [-0.2, -0.15) is 0 Å². The third-order valence-electron chi connectivity index (χ3n) is 2.41. The molecule has 0 aliphatic rings. The number of pyridine rings is 1. The Morgan fingerprint density at radius 2 is 2.06 bits per heavy atom. The lowest BCUT2D eigenvalue weighted by atomic mass is 10.3. The van der Waals surface area contributed by atoms with Gasteiger partial charge in [-0.05, 0) is 18.7 Å². The minimum Gasteiger partial charge on any atom is -0.463 e. The molecule has 0 aliphatic carbocycles. The second-order valence-electron chi connectivity index (χ2n) is 3.70. The van der Waals surface area contributed by atoms with E-state index in [1.54, 1.807) is 32.5 Å². The van der Waals surface area contributed by atoms with Crippen LogP contribution in [-0.2, 0) is 24.8 Å². The van der Waals surface area contributed by atoms with Crippen molar-refractivity contribution in [3.05, 3.63) is 30.1 Å². The Labute approximate surface area is 102 Å². The average Bonchev–Trinajstić information content (AvgIpc) is 2.37. The van der Waals surface area contributed by atoms with Gasteiger partial charge >= 0.3 is 14.5 Å². The lowest BCUT2D eigenvalue weighted by molar-refractivity contribution is -0.141. The van der Waals surface area contributed by atoms with Crippen molar-refractivity contribution in [2.75, 3.05) is 20.4 Å². The van der Waals surface area contributed by atoms with Crippen molar-refractivity contribution >= 4 is 14.5 Å². The molecule has 0 aliphatic heterocycles. The Bertz CT molecular complexity index is 354. The highest BCUT2D eigenvalue weighted by Crippen LogP contribution is 2.05. The van der Waals surface area contributed by atoms with Crippen LogP contribution in [0.15, 0.2) is 24.4 Å². The van der Waals surface area contributed by atoms with E-state index in [-0.39, 0.29) is 18.6 Å². The first-order valence-corrected chi connectivity index (χ1v) is 7.78. The Morgan fingerprint density at radius 1 is 1.35 bits per heavy atom. The summed E-state index contributed by atoms with van der Waals surface area (Å²) < 4.78 is 15.5. The maximum atomic E-state index is 11.5. The van der Waals surface area contributed by atoms with Gasteiger partial charge in [-0.3, -0.25) is 9.78 Å². The van der Waals surface area contributed by atoms with E-state index in [9.17, 15) is 4.79 Å². The Balaban J connectivity index is 2.41. The first-order valence-electron chi connectivity index (χ1n) is 5.25. The van der Waals surface area contributed by atoms with Gasteiger partial charge in [0.25, 0.3) is 0 Å². The van der Waals surface area contributed by atoms with Crippen molar-refractivity contribution in [1.82, 2.24) is 4.98 Å². The third kappa shape index (κ3) is 4.64. The topological polar surface area (TPSA) is 57.7 Å². The monoisotopic (exact) mass is 255 g/mol. The average molecular weight is 255 g/mol. The van der Waals surface area contributed by atoms with Crippen LogP contribution in [0.25, 0.3) is 0 Å². The van der Waals surface area contributed by atoms with Crippen molar-refractivity contribution in [3.8, 4) is 0 Å². The molecule has 0 saturated heterocycles. The lowest BCUT2D eigenvalue weighted by Gasteiger charge is -2.21. The summed E-state index contributed by atoms with van der Waals surface area (Å²) >= 11 is 0. The lowest BCUT2D eigenvalue weighted by Crippen LogP contribution is -2.43. The quantitative estimate of drug-likeness (QED) is 0.562. The molecule has 1 rings (SSSR count). The van der Waals surface area contributed by atoms with Gasteiger partial charge in [-0.15, -0.1) is 0 Å². The fraction of sp³-hybridized carbons (Fsp3) is 0.455. The van der Waals surface area contributed by atoms with Crippen molar-refractivity contribution in [2.45, 2.75) is 13.0 Å². The molecule has 0 amide bonds. The van der Waals surface area contributed by atoms with Gasteiger partial charge in [0.2, 0.25) is 0 Å². The number of ether oxygens (including phenoxy) is 1. The molecular weight excluding hydrogens is 238 g/mol. The Morgan fingerprint density at radius 3 is 2.59 bits per heavy atom. The molecule has 17 heavy (non-hydrogen) atoms. The van der Waals surface area contributed by atoms with Crippen LogP contribution in [0.3, 0.4) is 0 Å². The van der Waals surface area contributed by atoms with E-state index in [1.807, 2.05) is 12.6 Å². The second-order valence-corrected chi connectivity index (χ2v) is 7.07. The van der Waals surface area contributed by atoms with E-state index < -0.39 is 8.56 Å². The van der Waals surface area contributed by atoms with Crippen LogP contribution >= 0.6 is 0 Å². The van der Waals surface area contributed by atoms with Gasteiger partial charge in [0.15, 0.2) is 0 Å². The van der Waals surface area contributed by atoms with Crippen LogP contribution in [0.5, 0.6) is 0 Å². The number of nitrogens with zero attached hydrogens (tertiary/aromatic N) is 1. The summed E-state index contributed by atoms with van der Waals surface area (Å²) in [4.78, 5) is 15.6. The van der Waals surface area contributed by atoms with E-state index >= 15 is 0 Å². The van der Waals surface area contributed by atoms with Crippen LogP contribution in [0.1, 0.15) is 5.69 Å². The van der Waals surface area contributed by atoms with Gasteiger partial charge in [0.1, 0.15) is 6.23 Å². The molecular formula is C11H17NO4Si. The highest BCUT2D eigenvalue weighted by molar-refractivity contribution is 6.65. The number of aromatic nitrogens is 1. The first-order chi connectivity index (χ1) is 8.09. The zero-order valence-corrected chi connectivity index (χ0v) is 11.3. The molecule has 0 radical (unpaired) electrons. The molecule has 0 unspecified atom stereocenters. The van der Waals surface area contributed by atoms with Crippen LogP contribution in [-0.4, -0.2) is 40.0 Å². The predicted molar refractivity (Wildman–Crippen MR) is 64.5 cm³/mol. The maximum Gasteiger partial charge on any atom is 0.373 e. The van der Waals surface area contributed by atoms with Crippen LogP contribution in [0, 0.1) is 0 Å². The normalized spacial score (nSPS) is 11.2. The summed E-state index contributed by atoms with van der Waals surface area (Å²) in [6.45, 7) is 1.83. The summed E-state index contributed by atoms with van der Waals surface area (Å²) in [6.07, 6.45) is 2.00. The zero-order chi connectivity index (χ0) is 12.7. The number of esters is 1. The number of carbonyl (C=O) groups excluding carboxylic acids is 1. The highest BCUT2D eigenvalue weighted by Gasteiger charge is 2.31. The van der Waals surface area contributed by atoms with Crippen molar-refractivity contribution < 1.29 is 18.4 Å². The molecule has 5 nitrogen and oxygen atoms in total. The van der Waals surface area contributed by atoms with Crippen molar-refractivity contribution in [3.63, 3.8) is 0 Å². The predicted octanol–water partition coefficient (Wildman–Crippen LogP) is 1.07. The van der Waals surface area contributed by atoms with E-state index in [1.165, 1.54) is 0 Å². The fourth-order valence-corrected chi connectivity index (χ4v) is 1.94. The molecule has 1 aromatic rings. The molecule has 1 heterocycles. The summed E-state index contributed by atoms with van der Waals surface area (Å²) in [5, 5.41) is 0. The molecule has 0 fully saturated rings. The maximum absolute atomic E-state index is 11.5. The van der Waals surface area contributed by atoms with Crippen LogP contribution < -0.4 is 0 Å². The number of rotatable bonds is 6. The standard InChI is InChI=1S/C11H17NO4Si/c1-14-17(3,15-2)9-16-11(13)8-10-6-4-5-7-12-10/h4-7H,8-9H2,1-3H3. The number of hydrogen-bond acceptors (Lipinski definition) is 5. The molecule has 0 bridgehead atoms. The SMILES string of the molecule is CO[Si](C)(COC(=O)Cc1ccccn1)OC. The molecule has 0 spiro atoms. The molecule has 94 valence electrons. The smallest absolute Gasteiger partial charge is 0.373 e.